The van der Waals surface area contributed by atoms with E-state index in [1.165, 1.54) is 22.5 Å². The second-order valence-corrected chi connectivity index (χ2v) is 6.34. The van der Waals surface area contributed by atoms with Gasteiger partial charge in [-0.05, 0) is 29.3 Å². The van der Waals surface area contributed by atoms with Gasteiger partial charge in [0.15, 0.2) is 0 Å². The number of aromatic nitrogens is 1. The molecule has 0 saturated carbocycles. The summed E-state index contributed by atoms with van der Waals surface area (Å²) in [4.78, 5) is 2.59. The second kappa shape index (κ2) is 5.08. The first kappa shape index (κ1) is 13.1. The van der Waals surface area contributed by atoms with Gasteiger partial charge in [-0.1, -0.05) is 48.5 Å². The van der Waals surface area contributed by atoms with E-state index < -0.39 is 0 Å². The molecule has 0 amide bonds. The molecule has 3 heteroatoms. The highest BCUT2D eigenvalue weighted by Crippen LogP contribution is 2.40. The fraction of sp³-hybridized carbons (Fsp3) is 0.200. The highest BCUT2D eigenvalue weighted by atomic mass is 15.4. The van der Waals surface area contributed by atoms with Crippen LogP contribution in [0.3, 0.4) is 0 Å². The molecule has 2 aliphatic rings. The first-order valence-corrected chi connectivity index (χ1v) is 8.21. The molecule has 3 aromatic rings. The summed E-state index contributed by atoms with van der Waals surface area (Å²) in [6.45, 7) is 1.95. The molecule has 2 atom stereocenters. The van der Waals surface area contributed by atoms with Crippen LogP contribution in [-0.4, -0.2) is 16.0 Å². The van der Waals surface area contributed by atoms with E-state index in [1.54, 1.807) is 0 Å². The molecule has 1 aromatic heterocycles. The first-order chi connectivity index (χ1) is 11.4. The average molecular weight is 301 g/mol. The Balaban J connectivity index is 1.65. The summed E-state index contributed by atoms with van der Waals surface area (Å²) in [6.07, 6.45) is 2.46. The van der Waals surface area contributed by atoms with Crippen molar-refractivity contribution in [1.82, 2.24) is 14.8 Å². The van der Waals surface area contributed by atoms with Gasteiger partial charge in [-0.25, -0.2) is 0 Å². The Labute approximate surface area is 136 Å². The predicted octanol–water partition coefficient (Wildman–Crippen LogP) is 3.64. The van der Waals surface area contributed by atoms with Crippen molar-refractivity contribution >= 4 is 0 Å². The maximum Gasteiger partial charge on any atom is 0.0870 e. The lowest BCUT2D eigenvalue weighted by Crippen LogP contribution is -2.28. The molecule has 23 heavy (non-hydrogen) atoms. The third-order valence-corrected chi connectivity index (χ3v) is 5.08. The van der Waals surface area contributed by atoms with Gasteiger partial charge in [0.2, 0.25) is 0 Å². The van der Waals surface area contributed by atoms with E-state index in [2.05, 4.69) is 87.7 Å². The summed E-state index contributed by atoms with van der Waals surface area (Å²) in [5, 5.41) is 3.72. The number of hydrogen-bond acceptors (Lipinski definition) is 2. The van der Waals surface area contributed by atoms with E-state index in [1.807, 2.05) is 0 Å². The third kappa shape index (κ3) is 1.97. The molecule has 2 aliphatic heterocycles. The Morgan fingerprint density at radius 1 is 0.870 bits per heavy atom. The van der Waals surface area contributed by atoms with Crippen LogP contribution in [0.2, 0.25) is 0 Å². The minimum absolute atomic E-state index is 0.274. The van der Waals surface area contributed by atoms with Gasteiger partial charge in [0.25, 0.3) is 0 Å². The van der Waals surface area contributed by atoms with Gasteiger partial charge >= 0.3 is 0 Å². The summed E-state index contributed by atoms with van der Waals surface area (Å²) in [5.41, 5.74) is 5.42. The molecule has 3 nitrogen and oxygen atoms in total. The molecule has 2 unspecified atom stereocenters. The Bertz CT molecular complexity index is 837. The van der Waals surface area contributed by atoms with Gasteiger partial charge < -0.3 is 4.57 Å². The van der Waals surface area contributed by atoms with E-state index in [9.17, 15) is 0 Å². The Morgan fingerprint density at radius 2 is 1.70 bits per heavy atom. The van der Waals surface area contributed by atoms with Crippen molar-refractivity contribution in [3.63, 3.8) is 0 Å². The molecular formula is C20H19N3. The number of fused-ring (bicyclic) bond motifs is 5. The normalized spacial score (nSPS) is 23.0. The average Bonchev–Trinajstić information content (AvgIpc) is 3.21. The first-order valence-electron chi connectivity index (χ1n) is 8.21. The number of nitrogens with zero attached hydrogens (tertiary/aromatic N) is 2. The summed E-state index contributed by atoms with van der Waals surface area (Å²) < 4.78 is 2.36. The standard InChI is InChI=1S/C20H19N3/c1-2-7-15(8-3-1)20-21-13-19-18-11-6-12-22(18)17-10-5-4-9-16(17)14-23(19)20/h1-12,19-21H,13-14H2. The molecule has 5 rings (SSSR count). The van der Waals surface area contributed by atoms with Crippen molar-refractivity contribution in [2.75, 3.05) is 6.54 Å². The quantitative estimate of drug-likeness (QED) is 0.740. The second-order valence-electron chi connectivity index (χ2n) is 6.34. The summed E-state index contributed by atoms with van der Waals surface area (Å²) in [5.74, 6) is 0. The maximum atomic E-state index is 3.72. The lowest BCUT2D eigenvalue weighted by molar-refractivity contribution is 0.181. The van der Waals surface area contributed by atoms with E-state index in [0.717, 1.165) is 13.1 Å². The zero-order valence-electron chi connectivity index (χ0n) is 12.9. The highest BCUT2D eigenvalue weighted by molar-refractivity contribution is 5.45. The van der Waals surface area contributed by atoms with Crippen molar-refractivity contribution in [1.29, 1.82) is 0 Å². The van der Waals surface area contributed by atoms with Gasteiger partial charge in [0.1, 0.15) is 0 Å². The molecule has 1 fully saturated rings. The monoisotopic (exact) mass is 301 g/mol. The molecule has 0 spiro atoms. The lowest BCUT2D eigenvalue weighted by atomic mass is 10.1. The Kier molecular flexibility index (Phi) is 2.90. The van der Waals surface area contributed by atoms with E-state index in [0.29, 0.717) is 6.04 Å². The molecule has 1 saturated heterocycles. The zero-order valence-corrected chi connectivity index (χ0v) is 12.9. The SMILES string of the molecule is c1ccc(C2NCC3c4cccn4-c4ccccc4CN32)cc1. The van der Waals surface area contributed by atoms with Crippen LogP contribution in [0, 0.1) is 0 Å². The van der Waals surface area contributed by atoms with E-state index >= 15 is 0 Å². The predicted molar refractivity (Wildman–Crippen MR) is 91.2 cm³/mol. The van der Waals surface area contributed by atoms with Crippen LogP contribution in [0.15, 0.2) is 72.9 Å². The van der Waals surface area contributed by atoms with Gasteiger partial charge in [-0.3, -0.25) is 10.2 Å². The van der Waals surface area contributed by atoms with Crippen LogP contribution in [-0.2, 0) is 6.54 Å². The van der Waals surface area contributed by atoms with E-state index in [4.69, 9.17) is 0 Å². The van der Waals surface area contributed by atoms with Crippen LogP contribution < -0.4 is 5.32 Å². The number of hydrogen-bond donors (Lipinski definition) is 1. The molecule has 0 radical (unpaired) electrons. The van der Waals surface area contributed by atoms with Crippen LogP contribution in [0.25, 0.3) is 5.69 Å². The topological polar surface area (TPSA) is 20.2 Å². The van der Waals surface area contributed by atoms with Crippen molar-refractivity contribution in [2.45, 2.75) is 18.8 Å². The smallest absolute Gasteiger partial charge is 0.0870 e. The molecule has 1 N–H and O–H groups in total. The summed E-state index contributed by atoms with van der Waals surface area (Å²) in [7, 11) is 0. The molecule has 0 aliphatic carbocycles. The minimum Gasteiger partial charge on any atom is -0.319 e. The largest absolute Gasteiger partial charge is 0.319 e. The van der Waals surface area contributed by atoms with E-state index in [-0.39, 0.29) is 6.17 Å². The fourth-order valence-corrected chi connectivity index (χ4v) is 4.02. The number of rotatable bonds is 1. The number of para-hydroxylation sites is 1. The number of nitrogens with one attached hydrogen (secondary N) is 1. The van der Waals surface area contributed by atoms with Crippen molar-refractivity contribution in [3.8, 4) is 5.69 Å². The Hall–Kier alpha value is -2.36. The number of benzene rings is 2. The van der Waals surface area contributed by atoms with Crippen LogP contribution in [0.4, 0.5) is 0 Å². The lowest BCUT2D eigenvalue weighted by Gasteiger charge is -2.27. The molecule has 2 aromatic carbocycles. The molecular weight excluding hydrogens is 282 g/mol. The van der Waals surface area contributed by atoms with Crippen molar-refractivity contribution < 1.29 is 0 Å². The summed E-state index contributed by atoms with van der Waals surface area (Å²) >= 11 is 0. The van der Waals surface area contributed by atoms with Crippen molar-refractivity contribution in [3.05, 3.63) is 89.7 Å². The van der Waals surface area contributed by atoms with Gasteiger partial charge in [-0.2, -0.15) is 0 Å². The van der Waals surface area contributed by atoms with Gasteiger partial charge in [-0.15, -0.1) is 0 Å². The fourth-order valence-electron chi connectivity index (χ4n) is 4.02. The minimum atomic E-state index is 0.274. The molecule has 3 heterocycles. The zero-order chi connectivity index (χ0) is 15.2. The molecule has 114 valence electrons. The van der Waals surface area contributed by atoms with Gasteiger partial charge in [0, 0.05) is 30.7 Å². The van der Waals surface area contributed by atoms with Crippen LogP contribution in [0.5, 0.6) is 0 Å². The third-order valence-electron chi connectivity index (χ3n) is 5.08. The highest BCUT2D eigenvalue weighted by Gasteiger charge is 2.38. The van der Waals surface area contributed by atoms with Gasteiger partial charge in [0.05, 0.1) is 12.2 Å². The summed E-state index contributed by atoms with van der Waals surface area (Å²) in [6, 6.07) is 24.3. The van der Waals surface area contributed by atoms with Crippen LogP contribution >= 0.6 is 0 Å². The molecule has 0 bridgehead atoms. The Morgan fingerprint density at radius 3 is 2.61 bits per heavy atom. The van der Waals surface area contributed by atoms with Crippen LogP contribution in [0.1, 0.15) is 29.0 Å². The maximum absolute atomic E-state index is 3.72. The van der Waals surface area contributed by atoms with Crippen molar-refractivity contribution in [2.24, 2.45) is 0 Å².